The molecule has 0 radical (unpaired) electrons. The molecule has 0 heterocycles. The van der Waals surface area contributed by atoms with Crippen LogP contribution in [0.15, 0.2) is 30.3 Å². The van der Waals surface area contributed by atoms with Gasteiger partial charge in [-0.15, -0.1) is 0 Å². The van der Waals surface area contributed by atoms with E-state index in [-0.39, 0.29) is 0 Å². The first-order valence-corrected chi connectivity index (χ1v) is 9.47. The predicted octanol–water partition coefficient (Wildman–Crippen LogP) is 6.82. The number of ether oxygens (including phenoxy) is 1. The SMILES string of the molecule is COC(=O)C(Cl)(Cl)CCCCCCCC/C=C/c1ccc(Cl)cc1. The molecule has 0 N–H and O–H groups in total. The number of allylic oxidation sites excluding steroid dienone is 1. The Morgan fingerprint density at radius 1 is 1.04 bits per heavy atom. The Labute approximate surface area is 160 Å². The maximum atomic E-state index is 11.3. The number of benzene rings is 1. The number of alkyl halides is 2. The van der Waals surface area contributed by atoms with Crippen molar-refractivity contribution in [2.24, 2.45) is 0 Å². The lowest BCUT2D eigenvalue weighted by Gasteiger charge is -2.15. The first kappa shape index (κ1) is 21.3. The highest BCUT2D eigenvalue weighted by atomic mass is 35.5. The average molecular weight is 392 g/mol. The van der Waals surface area contributed by atoms with Gasteiger partial charge in [-0.3, -0.25) is 0 Å². The van der Waals surface area contributed by atoms with Gasteiger partial charge in [0.15, 0.2) is 0 Å². The van der Waals surface area contributed by atoms with E-state index in [1.165, 1.54) is 31.9 Å². The van der Waals surface area contributed by atoms with Crippen molar-refractivity contribution in [3.05, 3.63) is 40.9 Å². The van der Waals surface area contributed by atoms with Crippen LogP contribution < -0.4 is 0 Å². The van der Waals surface area contributed by atoms with Crippen LogP contribution in [0, 0.1) is 0 Å². The molecule has 0 aliphatic rings. The van der Waals surface area contributed by atoms with Crippen LogP contribution in [0.25, 0.3) is 6.08 Å². The first-order valence-electron chi connectivity index (χ1n) is 8.34. The second-order valence-corrected chi connectivity index (χ2v) is 7.73. The Morgan fingerprint density at radius 2 is 1.62 bits per heavy atom. The fourth-order valence-corrected chi connectivity index (χ4v) is 2.91. The Morgan fingerprint density at radius 3 is 2.25 bits per heavy atom. The second-order valence-electron chi connectivity index (χ2n) is 5.81. The highest BCUT2D eigenvalue weighted by Crippen LogP contribution is 2.29. The van der Waals surface area contributed by atoms with Gasteiger partial charge in [0.1, 0.15) is 0 Å². The molecule has 0 amide bonds. The van der Waals surface area contributed by atoms with Crippen LogP contribution in [0.3, 0.4) is 0 Å². The van der Waals surface area contributed by atoms with Gasteiger partial charge in [-0.25, -0.2) is 4.79 Å². The standard InChI is InChI=1S/C19H25Cl3O2/c1-24-18(23)19(21,22)15-9-7-5-3-2-4-6-8-10-16-11-13-17(20)14-12-16/h8,10-14H,2-7,9,15H2,1H3/b10-8+. The number of carbonyl (C=O) groups excluding carboxylic acids is 1. The van der Waals surface area contributed by atoms with Crippen molar-refractivity contribution in [3.63, 3.8) is 0 Å². The Bertz CT molecular complexity index is 510. The summed E-state index contributed by atoms with van der Waals surface area (Å²) in [5.74, 6) is -0.571. The van der Waals surface area contributed by atoms with Gasteiger partial charge in [0.05, 0.1) is 7.11 Å². The van der Waals surface area contributed by atoms with Crippen molar-refractivity contribution in [2.45, 2.75) is 55.7 Å². The number of esters is 1. The molecule has 1 rings (SSSR count). The van der Waals surface area contributed by atoms with E-state index in [1.807, 2.05) is 24.3 Å². The lowest BCUT2D eigenvalue weighted by atomic mass is 10.1. The number of unbranched alkanes of at least 4 members (excludes halogenated alkanes) is 6. The molecule has 0 bridgehead atoms. The fraction of sp³-hybridized carbons (Fsp3) is 0.526. The average Bonchev–Trinajstić information content (AvgIpc) is 2.57. The van der Waals surface area contributed by atoms with E-state index in [2.05, 4.69) is 16.9 Å². The van der Waals surface area contributed by atoms with Crippen LogP contribution in [-0.4, -0.2) is 17.4 Å². The summed E-state index contributed by atoms with van der Waals surface area (Å²) >= 11 is 17.7. The summed E-state index contributed by atoms with van der Waals surface area (Å²) in [7, 11) is 1.29. The number of hydrogen-bond acceptors (Lipinski definition) is 2. The summed E-state index contributed by atoms with van der Waals surface area (Å²) in [5, 5.41) is 0.763. The Kier molecular flexibility index (Phi) is 10.5. The van der Waals surface area contributed by atoms with Gasteiger partial charge in [0.25, 0.3) is 0 Å². The van der Waals surface area contributed by atoms with Crippen molar-refractivity contribution < 1.29 is 9.53 Å². The van der Waals surface area contributed by atoms with Gasteiger partial charge in [0.2, 0.25) is 4.33 Å². The maximum absolute atomic E-state index is 11.3. The molecule has 0 unspecified atom stereocenters. The van der Waals surface area contributed by atoms with Crippen molar-refractivity contribution in [3.8, 4) is 0 Å². The number of halogens is 3. The maximum Gasteiger partial charge on any atom is 0.342 e. The van der Waals surface area contributed by atoms with E-state index in [0.717, 1.165) is 30.7 Å². The van der Waals surface area contributed by atoms with Crippen molar-refractivity contribution in [2.75, 3.05) is 7.11 Å². The third-order valence-electron chi connectivity index (χ3n) is 3.78. The largest absolute Gasteiger partial charge is 0.467 e. The topological polar surface area (TPSA) is 26.3 Å². The fourth-order valence-electron chi connectivity index (χ4n) is 2.36. The minimum Gasteiger partial charge on any atom is -0.467 e. The normalized spacial score (nSPS) is 11.8. The molecule has 2 nitrogen and oxygen atoms in total. The van der Waals surface area contributed by atoms with Crippen LogP contribution in [0.5, 0.6) is 0 Å². The monoisotopic (exact) mass is 390 g/mol. The zero-order chi connectivity index (χ0) is 17.8. The lowest BCUT2D eigenvalue weighted by molar-refractivity contribution is -0.141. The summed E-state index contributed by atoms with van der Waals surface area (Å²) in [6.45, 7) is 0. The van der Waals surface area contributed by atoms with E-state index in [1.54, 1.807) is 0 Å². The summed E-state index contributed by atoms with van der Waals surface area (Å²) < 4.78 is 3.17. The molecule has 0 fully saturated rings. The zero-order valence-corrected chi connectivity index (χ0v) is 16.3. The summed E-state index contributed by atoms with van der Waals surface area (Å²) in [6, 6.07) is 7.83. The molecule has 0 saturated carbocycles. The molecule has 1 aromatic carbocycles. The van der Waals surface area contributed by atoms with Crippen LogP contribution in [0.2, 0.25) is 5.02 Å². The molecule has 0 aromatic heterocycles. The zero-order valence-electron chi connectivity index (χ0n) is 14.1. The molecule has 0 aliphatic carbocycles. The molecular weight excluding hydrogens is 367 g/mol. The van der Waals surface area contributed by atoms with Gasteiger partial charge in [-0.2, -0.15) is 0 Å². The summed E-state index contributed by atoms with van der Waals surface area (Å²) in [4.78, 5) is 11.3. The van der Waals surface area contributed by atoms with Gasteiger partial charge >= 0.3 is 5.97 Å². The molecule has 0 aliphatic heterocycles. The molecule has 1 aromatic rings. The van der Waals surface area contributed by atoms with Crippen molar-refractivity contribution in [1.82, 2.24) is 0 Å². The number of rotatable bonds is 11. The minimum absolute atomic E-state index is 0.437. The van der Waals surface area contributed by atoms with Gasteiger partial charge in [-0.05, 0) is 43.4 Å². The van der Waals surface area contributed by atoms with Gasteiger partial charge < -0.3 is 4.74 Å². The van der Waals surface area contributed by atoms with Gasteiger partial charge in [0, 0.05) is 5.02 Å². The molecule has 24 heavy (non-hydrogen) atoms. The van der Waals surface area contributed by atoms with E-state index < -0.39 is 10.3 Å². The molecule has 5 heteroatoms. The van der Waals surface area contributed by atoms with E-state index in [0.29, 0.717) is 6.42 Å². The number of carbonyl (C=O) groups is 1. The number of hydrogen-bond donors (Lipinski definition) is 0. The first-order chi connectivity index (χ1) is 11.5. The molecular formula is C19H25Cl3O2. The molecule has 134 valence electrons. The Hall–Kier alpha value is -0.700. The Balaban J connectivity index is 2.01. The smallest absolute Gasteiger partial charge is 0.342 e. The number of methoxy groups -OCH3 is 1. The second kappa shape index (κ2) is 11.8. The van der Waals surface area contributed by atoms with Crippen LogP contribution >= 0.6 is 34.8 Å². The van der Waals surface area contributed by atoms with E-state index in [4.69, 9.17) is 34.8 Å². The predicted molar refractivity (Wildman–Crippen MR) is 104 cm³/mol. The van der Waals surface area contributed by atoms with Crippen molar-refractivity contribution >= 4 is 46.8 Å². The van der Waals surface area contributed by atoms with Crippen LogP contribution in [-0.2, 0) is 9.53 Å². The molecule has 0 atom stereocenters. The van der Waals surface area contributed by atoms with Crippen LogP contribution in [0.4, 0.5) is 0 Å². The third kappa shape index (κ3) is 8.96. The molecule has 0 spiro atoms. The highest BCUT2D eigenvalue weighted by molar-refractivity contribution is 6.57. The quantitative estimate of drug-likeness (QED) is 0.235. The minimum atomic E-state index is -1.40. The highest BCUT2D eigenvalue weighted by Gasteiger charge is 2.33. The third-order valence-corrected chi connectivity index (χ3v) is 4.71. The lowest BCUT2D eigenvalue weighted by Crippen LogP contribution is -2.27. The van der Waals surface area contributed by atoms with E-state index >= 15 is 0 Å². The molecule has 0 saturated heterocycles. The summed E-state index contributed by atoms with van der Waals surface area (Å²) in [6.07, 6.45) is 12.4. The summed E-state index contributed by atoms with van der Waals surface area (Å²) in [5.41, 5.74) is 1.18. The van der Waals surface area contributed by atoms with Crippen LogP contribution in [0.1, 0.15) is 56.9 Å². The van der Waals surface area contributed by atoms with Crippen molar-refractivity contribution in [1.29, 1.82) is 0 Å². The van der Waals surface area contributed by atoms with E-state index in [9.17, 15) is 4.79 Å². The van der Waals surface area contributed by atoms with Gasteiger partial charge in [-0.1, -0.05) is 84.8 Å².